The van der Waals surface area contributed by atoms with Gasteiger partial charge in [-0.25, -0.2) is 0 Å². The Morgan fingerprint density at radius 2 is 1.69 bits per heavy atom. The van der Waals surface area contributed by atoms with Gasteiger partial charge in [-0.3, -0.25) is 0 Å². The first kappa shape index (κ1) is 11.0. The van der Waals surface area contributed by atoms with Gasteiger partial charge in [0.2, 0.25) is 0 Å². The van der Waals surface area contributed by atoms with Crippen LogP contribution in [0.2, 0.25) is 0 Å². The van der Waals surface area contributed by atoms with E-state index in [0.29, 0.717) is 17.8 Å². The molecule has 0 aromatic heterocycles. The van der Waals surface area contributed by atoms with E-state index in [0.717, 1.165) is 6.42 Å². The Labute approximate surface area is 82.5 Å². The predicted octanol–water partition coefficient (Wildman–Crippen LogP) is 3.22. The van der Waals surface area contributed by atoms with Crippen molar-refractivity contribution in [1.29, 1.82) is 0 Å². The second kappa shape index (κ2) is 4.00. The molecule has 1 rings (SSSR count). The highest BCUT2D eigenvalue weighted by Crippen LogP contribution is 2.41. The molecule has 0 aromatic rings. The summed E-state index contributed by atoms with van der Waals surface area (Å²) < 4.78 is 0. The lowest BCUT2D eigenvalue weighted by molar-refractivity contribution is -0.0959. The standard InChI is InChI=1S/C12H24O/c1-9(2)8-12(13)10(3)6-5-7-11(12)4/h9-11,13H,5-8H2,1-4H3. The molecule has 0 aromatic carbocycles. The van der Waals surface area contributed by atoms with Crippen molar-refractivity contribution in [3.63, 3.8) is 0 Å². The van der Waals surface area contributed by atoms with Gasteiger partial charge in [-0.2, -0.15) is 0 Å². The minimum absolute atomic E-state index is 0.383. The smallest absolute Gasteiger partial charge is 0.0701 e. The van der Waals surface area contributed by atoms with E-state index in [1.165, 1.54) is 19.3 Å². The Morgan fingerprint density at radius 3 is 2.08 bits per heavy atom. The highest BCUT2D eigenvalue weighted by Gasteiger charge is 2.41. The van der Waals surface area contributed by atoms with Crippen molar-refractivity contribution in [2.75, 3.05) is 0 Å². The van der Waals surface area contributed by atoms with Crippen molar-refractivity contribution in [2.24, 2.45) is 17.8 Å². The van der Waals surface area contributed by atoms with Gasteiger partial charge in [0.05, 0.1) is 5.60 Å². The Balaban J connectivity index is 2.69. The van der Waals surface area contributed by atoms with Gasteiger partial charge in [0.1, 0.15) is 0 Å². The maximum Gasteiger partial charge on any atom is 0.0701 e. The van der Waals surface area contributed by atoms with Crippen LogP contribution in [0.1, 0.15) is 53.4 Å². The molecule has 2 unspecified atom stereocenters. The molecular formula is C12H24O. The van der Waals surface area contributed by atoms with Crippen LogP contribution < -0.4 is 0 Å². The lowest BCUT2D eigenvalue weighted by Gasteiger charge is -2.44. The van der Waals surface area contributed by atoms with Crippen LogP contribution in [0.15, 0.2) is 0 Å². The van der Waals surface area contributed by atoms with Crippen LogP contribution in [0.25, 0.3) is 0 Å². The van der Waals surface area contributed by atoms with Crippen LogP contribution in [-0.4, -0.2) is 10.7 Å². The van der Waals surface area contributed by atoms with E-state index in [1.807, 2.05) is 0 Å². The van der Waals surface area contributed by atoms with E-state index < -0.39 is 0 Å². The fourth-order valence-electron chi connectivity index (χ4n) is 2.77. The summed E-state index contributed by atoms with van der Waals surface area (Å²) in [5.74, 6) is 1.57. The Kier molecular flexibility index (Phi) is 3.39. The summed E-state index contributed by atoms with van der Waals surface area (Å²) in [5, 5.41) is 10.6. The summed E-state index contributed by atoms with van der Waals surface area (Å²) >= 11 is 0. The highest BCUT2D eigenvalue weighted by atomic mass is 16.3. The largest absolute Gasteiger partial charge is 0.389 e. The average Bonchev–Trinajstić information content (AvgIpc) is 1.99. The van der Waals surface area contributed by atoms with Crippen molar-refractivity contribution < 1.29 is 5.11 Å². The molecule has 0 aliphatic heterocycles. The summed E-state index contributed by atoms with van der Waals surface area (Å²) in [4.78, 5) is 0. The van der Waals surface area contributed by atoms with Crippen LogP contribution in [0.4, 0.5) is 0 Å². The number of hydrogen-bond donors (Lipinski definition) is 1. The number of aliphatic hydroxyl groups is 1. The summed E-state index contributed by atoms with van der Waals surface area (Å²) in [6.07, 6.45) is 4.67. The van der Waals surface area contributed by atoms with Gasteiger partial charge < -0.3 is 5.11 Å². The van der Waals surface area contributed by atoms with Gasteiger partial charge in [-0.1, -0.05) is 34.1 Å². The fraction of sp³-hybridized carbons (Fsp3) is 1.00. The van der Waals surface area contributed by atoms with Crippen molar-refractivity contribution in [1.82, 2.24) is 0 Å². The van der Waals surface area contributed by atoms with E-state index >= 15 is 0 Å². The van der Waals surface area contributed by atoms with E-state index in [2.05, 4.69) is 27.7 Å². The molecule has 78 valence electrons. The quantitative estimate of drug-likeness (QED) is 0.698. The maximum absolute atomic E-state index is 10.6. The van der Waals surface area contributed by atoms with Gasteiger partial charge in [-0.05, 0) is 37.0 Å². The molecule has 1 fully saturated rings. The molecule has 0 heterocycles. The molecular weight excluding hydrogens is 160 g/mol. The maximum atomic E-state index is 10.6. The topological polar surface area (TPSA) is 20.2 Å². The zero-order chi connectivity index (χ0) is 10.1. The lowest BCUT2D eigenvalue weighted by Crippen LogP contribution is -2.46. The third-order valence-corrected chi connectivity index (χ3v) is 3.72. The zero-order valence-corrected chi connectivity index (χ0v) is 9.51. The minimum atomic E-state index is -0.383. The van der Waals surface area contributed by atoms with Crippen molar-refractivity contribution in [2.45, 2.75) is 59.0 Å². The second-order valence-electron chi connectivity index (χ2n) is 5.32. The molecule has 1 nitrogen and oxygen atoms in total. The monoisotopic (exact) mass is 184 g/mol. The summed E-state index contributed by atoms with van der Waals surface area (Å²) in [6, 6.07) is 0. The van der Waals surface area contributed by atoms with Gasteiger partial charge in [-0.15, -0.1) is 0 Å². The van der Waals surface area contributed by atoms with Crippen LogP contribution in [0, 0.1) is 17.8 Å². The Morgan fingerprint density at radius 1 is 1.23 bits per heavy atom. The Bertz CT molecular complexity index is 153. The molecule has 0 saturated heterocycles. The van der Waals surface area contributed by atoms with Crippen molar-refractivity contribution in [3.8, 4) is 0 Å². The normalized spacial score (nSPS) is 41.1. The van der Waals surface area contributed by atoms with Crippen molar-refractivity contribution >= 4 is 0 Å². The molecule has 2 atom stereocenters. The minimum Gasteiger partial charge on any atom is -0.389 e. The molecule has 0 spiro atoms. The first-order valence-electron chi connectivity index (χ1n) is 5.69. The average molecular weight is 184 g/mol. The first-order valence-corrected chi connectivity index (χ1v) is 5.69. The summed E-state index contributed by atoms with van der Waals surface area (Å²) in [5.41, 5.74) is -0.383. The SMILES string of the molecule is CC(C)CC1(O)C(C)CCCC1C. The first-order chi connectivity index (χ1) is 5.97. The fourth-order valence-corrected chi connectivity index (χ4v) is 2.77. The molecule has 0 bridgehead atoms. The second-order valence-corrected chi connectivity index (χ2v) is 5.32. The molecule has 1 saturated carbocycles. The third kappa shape index (κ3) is 2.25. The third-order valence-electron chi connectivity index (χ3n) is 3.72. The van der Waals surface area contributed by atoms with Crippen LogP contribution >= 0.6 is 0 Å². The van der Waals surface area contributed by atoms with Gasteiger partial charge in [0.25, 0.3) is 0 Å². The van der Waals surface area contributed by atoms with Crippen molar-refractivity contribution in [3.05, 3.63) is 0 Å². The molecule has 1 heteroatoms. The molecule has 1 N–H and O–H groups in total. The van der Waals surface area contributed by atoms with Gasteiger partial charge >= 0.3 is 0 Å². The molecule has 1 aliphatic rings. The van der Waals surface area contributed by atoms with E-state index in [-0.39, 0.29) is 5.60 Å². The van der Waals surface area contributed by atoms with Crippen LogP contribution in [0.5, 0.6) is 0 Å². The Hall–Kier alpha value is -0.0400. The van der Waals surface area contributed by atoms with Crippen LogP contribution in [0.3, 0.4) is 0 Å². The summed E-state index contributed by atoms with van der Waals surface area (Å²) in [6.45, 7) is 8.81. The van der Waals surface area contributed by atoms with E-state index in [1.54, 1.807) is 0 Å². The molecule has 0 amide bonds. The summed E-state index contributed by atoms with van der Waals surface area (Å²) in [7, 11) is 0. The molecule has 1 aliphatic carbocycles. The highest BCUT2D eigenvalue weighted by molar-refractivity contribution is 4.92. The van der Waals surface area contributed by atoms with Gasteiger partial charge in [0, 0.05) is 0 Å². The van der Waals surface area contributed by atoms with E-state index in [4.69, 9.17) is 0 Å². The zero-order valence-electron chi connectivity index (χ0n) is 9.51. The van der Waals surface area contributed by atoms with Crippen LogP contribution in [-0.2, 0) is 0 Å². The number of hydrogen-bond acceptors (Lipinski definition) is 1. The van der Waals surface area contributed by atoms with Gasteiger partial charge in [0.15, 0.2) is 0 Å². The molecule has 0 radical (unpaired) electrons. The predicted molar refractivity (Wildman–Crippen MR) is 56.6 cm³/mol. The van der Waals surface area contributed by atoms with E-state index in [9.17, 15) is 5.11 Å². The lowest BCUT2D eigenvalue weighted by atomic mass is 9.66. The number of rotatable bonds is 2. The molecule has 13 heavy (non-hydrogen) atoms.